The van der Waals surface area contributed by atoms with E-state index in [2.05, 4.69) is 0 Å². The Balaban J connectivity index is 2.35. The number of ether oxygens (including phenoxy) is 1. The number of alkyl halides is 1. The van der Waals surface area contributed by atoms with Crippen LogP contribution in [0.15, 0.2) is 24.3 Å². The first kappa shape index (κ1) is 10.1. The van der Waals surface area contributed by atoms with Crippen molar-refractivity contribution in [1.82, 2.24) is 0 Å². The molecule has 0 spiro atoms. The Bertz CT molecular complexity index is 376. The number of carbonyl (C=O) groups excluding carboxylic acids is 1. The Kier molecular flexibility index (Phi) is 2.71. The minimum atomic E-state index is -1.18. The van der Waals surface area contributed by atoms with Crippen LogP contribution in [0.1, 0.15) is 41.9 Å². The first-order valence-electron chi connectivity index (χ1n) is 5.18. The maximum atomic E-state index is 13.9. The van der Waals surface area contributed by atoms with Crippen LogP contribution in [-0.4, -0.2) is 12.1 Å². The average Bonchev–Trinajstić information content (AvgIpc) is 2.26. The fraction of sp³-hybridized carbons (Fsp3) is 0.417. The predicted octanol–water partition coefficient (Wildman–Crippen LogP) is 3.04. The third kappa shape index (κ3) is 1.74. The minimum Gasteiger partial charge on any atom is -0.455 e. The molecule has 0 saturated carbocycles. The van der Waals surface area contributed by atoms with Crippen LogP contribution in [0, 0.1) is 0 Å². The van der Waals surface area contributed by atoms with Gasteiger partial charge in [0.1, 0.15) is 6.10 Å². The second-order valence-electron chi connectivity index (χ2n) is 3.72. The van der Waals surface area contributed by atoms with E-state index in [1.54, 1.807) is 24.3 Å². The zero-order chi connectivity index (χ0) is 10.8. The van der Waals surface area contributed by atoms with Crippen LogP contribution in [0.3, 0.4) is 0 Å². The molecule has 0 aromatic heterocycles. The fourth-order valence-corrected chi connectivity index (χ4v) is 1.87. The van der Waals surface area contributed by atoms with Crippen molar-refractivity contribution in [2.45, 2.75) is 32.0 Å². The van der Waals surface area contributed by atoms with E-state index in [0.717, 1.165) is 6.42 Å². The monoisotopic (exact) mass is 208 g/mol. The predicted molar refractivity (Wildman–Crippen MR) is 54.4 cm³/mol. The largest absolute Gasteiger partial charge is 0.455 e. The maximum absolute atomic E-state index is 13.9. The van der Waals surface area contributed by atoms with Gasteiger partial charge in [0.25, 0.3) is 0 Å². The van der Waals surface area contributed by atoms with Crippen LogP contribution in [-0.2, 0) is 4.74 Å². The van der Waals surface area contributed by atoms with Crippen LogP contribution >= 0.6 is 0 Å². The van der Waals surface area contributed by atoms with E-state index in [1.165, 1.54) is 0 Å². The molecule has 15 heavy (non-hydrogen) atoms. The number of hydrogen-bond donors (Lipinski definition) is 0. The van der Waals surface area contributed by atoms with Gasteiger partial charge in [0.05, 0.1) is 5.56 Å². The van der Waals surface area contributed by atoms with Gasteiger partial charge in [0.15, 0.2) is 6.17 Å². The molecule has 2 rings (SSSR count). The number of rotatable bonds is 2. The second kappa shape index (κ2) is 4.01. The molecule has 0 N–H and O–H groups in total. The van der Waals surface area contributed by atoms with Crippen LogP contribution in [0.25, 0.3) is 0 Å². The van der Waals surface area contributed by atoms with E-state index >= 15 is 0 Å². The SMILES string of the molecule is CCC[C@@H]1OC(=O)c2ccccc2[C@@H]1F. The Labute approximate surface area is 88.1 Å². The van der Waals surface area contributed by atoms with Gasteiger partial charge in [-0.25, -0.2) is 9.18 Å². The van der Waals surface area contributed by atoms with Crippen LogP contribution in [0.2, 0.25) is 0 Å². The summed E-state index contributed by atoms with van der Waals surface area (Å²) < 4.78 is 19.0. The van der Waals surface area contributed by atoms with Gasteiger partial charge in [-0.15, -0.1) is 0 Å². The lowest BCUT2D eigenvalue weighted by molar-refractivity contribution is -0.00592. The van der Waals surface area contributed by atoms with Crippen molar-refractivity contribution in [3.8, 4) is 0 Å². The normalized spacial score (nSPS) is 24.5. The summed E-state index contributed by atoms with van der Waals surface area (Å²) in [7, 11) is 0. The van der Waals surface area contributed by atoms with Gasteiger partial charge in [-0.1, -0.05) is 31.5 Å². The van der Waals surface area contributed by atoms with Gasteiger partial charge in [-0.3, -0.25) is 0 Å². The summed E-state index contributed by atoms with van der Waals surface area (Å²) in [5, 5.41) is 0. The summed E-state index contributed by atoms with van der Waals surface area (Å²) in [6.07, 6.45) is -0.418. The number of hydrogen-bond acceptors (Lipinski definition) is 2. The van der Waals surface area contributed by atoms with Crippen molar-refractivity contribution in [3.05, 3.63) is 35.4 Å². The number of cyclic esters (lactones) is 1. The molecule has 3 heteroatoms. The molecule has 80 valence electrons. The van der Waals surface area contributed by atoms with Crippen molar-refractivity contribution >= 4 is 5.97 Å². The molecule has 1 heterocycles. The zero-order valence-electron chi connectivity index (χ0n) is 8.57. The standard InChI is InChI=1S/C12H13FO2/c1-2-5-10-11(13)8-6-3-4-7-9(8)12(14)15-10/h3-4,6-7,10-11H,2,5H2,1H3/t10-,11-/m0/s1. The topological polar surface area (TPSA) is 26.3 Å². The Morgan fingerprint density at radius 1 is 1.40 bits per heavy atom. The van der Waals surface area contributed by atoms with Gasteiger partial charge in [-0.05, 0) is 12.5 Å². The second-order valence-corrected chi connectivity index (χ2v) is 3.72. The highest BCUT2D eigenvalue weighted by Crippen LogP contribution is 2.34. The highest BCUT2D eigenvalue weighted by atomic mass is 19.1. The van der Waals surface area contributed by atoms with E-state index < -0.39 is 18.2 Å². The van der Waals surface area contributed by atoms with Gasteiger partial charge in [0, 0.05) is 5.56 Å². The van der Waals surface area contributed by atoms with Crippen molar-refractivity contribution < 1.29 is 13.9 Å². The van der Waals surface area contributed by atoms with Gasteiger partial charge in [0.2, 0.25) is 0 Å². The summed E-state index contributed by atoms with van der Waals surface area (Å²) in [6.45, 7) is 1.95. The summed E-state index contributed by atoms with van der Waals surface area (Å²) in [6, 6.07) is 6.72. The van der Waals surface area contributed by atoms with Crippen LogP contribution in [0.4, 0.5) is 4.39 Å². The lowest BCUT2D eigenvalue weighted by Gasteiger charge is -2.27. The van der Waals surface area contributed by atoms with Gasteiger partial charge in [-0.2, -0.15) is 0 Å². The van der Waals surface area contributed by atoms with E-state index in [-0.39, 0.29) is 0 Å². The van der Waals surface area contributed by atoms with Gasteiger partial charge >= 0.3 is 5.97 Å². The number of fused-ring (bicyclic) bond motifs is 1. The molecule has 0 saturated heterocycles. The summed E-state index contributed by atoms with van der Waals surface area (Å²) in [5.41, 5.74) is 0.824. The summed E-state index contributed by atoms with van der Waals surface area (Å²) in [5.74, 6) is -0.405. The number of halogens is 1. The molecular weight excluding hydrogens is 195 g/mol. The summed E-state index contributed by atoms with van der Waals surface area (Å²) >= 11 is 0. The molecule has 0 unspecified atom stereocenters. The molecule has 1 aromatic rings. The smallest absolute Gasteiger partial charge is 0.338 e. The first-order valence-corrected chi connectivity index (χ1v) is 5.18. The molecule has 0 fully saturated rings. The molecule has 0 aliphatic carbocycles. The highest BCUT2D eigenvalue weighted by Gasteiger charge is 2.34. The summed E-state index contributed by atoms with van der Waals surface area (Å²) in [4.78, 5) is 11.5. The molecule has 2 nitrogen and oxygen atoms in total. The zero-order valence-corrected chi connectivity index (χ0v) is 8.57. The quantitative estimate of drug-likeness (QED) is 0.698. The van der Waals surface area contributed by atoms with Crippen molar-refractivity contribution in [3.63, 3.8) is 0 Å². The Hall–Kier alpha value is -1.38. The van der Waals surface area contributed by atoms with E-state index in [9.17, 15) is 9.18 Å². The van der Waals surface area contributed by atoms with Crippen LogP contribution < -0.4 is 0 Å². The Morgan fingerprint density at radius 3 is 2.87 bits per heavy atom. The van der Waals surface area contributed by atoms with E-state index in [1.807, 2.05) is 6.92 Å². The first-order chi connectivity index (χ1) is 7.24. The van der Waals surface area contributed by atoms with Crippen molar-refractivity contribution in [2.75, 3.05) is 0 Å². The number of carbonyl (C=O) groups is 1. The lowest BCUT2D eigenvalue weighted by atomic mass is 9.95. The maximum Gasteiger partial charge on any atom is 0.338 e. The molecule has 1 aliphatic heterocycles. The lowest BCUT2D eigenvalue weighted by Crippen LogP contribution is -2.30. The van der Waals surface area contributed by atoms with Crippen molar-refractivity contribution in [2.24, 2.45) is 0 Å². The third-order valence-electron chi connectivity index (χ3n) is 2.64. The third-order valence-corrected chi connectivity index (χ3v) is 2.64. The molecule has 0 amide bonds. The molecule has 0 bridgehead atoms. The van der Waals surface area contributed by atoms with Crippen molar-refractivity contribution in [1.29, 1.82) is 0 Å². The molecule has 1 aliphatic rings. The van der Waals surface area contributed by atoms with E-state index in [0.29, 0.717) is 17.5 Å². The fourth-order valence-electron chi connectivity index (χ4n) is 1.87. The Morgan fingerprint density at radius 2 is 2.13 bits per heavy atom. The van der Waals surface area contributed by atoms with E-state index in [4.69, 9.17) is 4.74 Å². The minimum absolute atomic E-state index is 0.359. The molecule has 2 atom stereocenters. The average molecular weight is 208 g/mol. The van der Waals surface area contributed by atoms with Crippen LogP contribution in [0.5, 0.6) is 0 Å². The van der Waals surface area contributed by atoms with Gasteiger partial charge < -0.3 is 4.74 Å². The molecule has 1 aromatic carbocycles. The molecular formula is C12H13FO2. The molecule has 0 radical (unpaired) electrons. The number of esters is 1. The highest BCUT2D eigenvalue weighted by molar-refractivity contribution is 5.92. The number of benzene rings is 1.